The Morgan fingerprint density at radius 2 is 2.05 bits per heavy atom. The minimum Gasteiger partial charge on any atom is -0.361 e. The highest BCUT2D eigenvalue weighted by Crippen LogP contribution is 2.20. The molecule has 0 aliphatic carbocycles. The van der Waals surface area contributed by atoms with Gasteiger partial charge in [0.25, 0.3) is 0 Å². The average Bonchev–Trinajstić information content (AvgIpc) is 2.70. The number of aromatic nitrogens is 1. The first-order chi connectivity index (χ1) is 8.99. The Hall–Kier alpha value is -1.36. The van der Waals surface area contributed by atoms with E-state index < -0.39 is 0 Å². The first-order valence-corrected chi connectivity index (χ1v) is 6.86. The molecule has 5 nitrogen and oxygen atoms in total. The summed E-state index contributed by atoms with van der Waals surface area (Å²) in [6.07, 6.45) is 2.08. The van der Waals surface area contributed by atoms with Gasteiger partial charge < -0.3 is 9.42 Å². The van der Waals surface area contributed by atoms with Crippen LogP contribution in [0.4, 0.5) is 0 Å². The van der Waals surface area contributed by atoms with E-state index in [9.17, 15) is 4.79 Å². The van der Waals surface area contributed by atoms with Crippen LogP contribution in [-0.2, 0) is 11.3 Å². The minimum absolute atomic E-state index is 0.187. The molecule has 1 aromatic heterocycles. The summed E-state index contributed by atoms with van der Waals surface area (Å²) in [6, 6.07) is 0.532. The molecule has 0 N–H and O–H groups in total. The zero-order valence-electron chi connectivity index (χ0n) is 12.3. The monoisotopic (exact) mass is 265 g/mol. The minimum atomic E-state index is 0.187. The molecule has 1 saturated heterocycles. The lowest BCUT2D eigenvalue weighted by molar-refractivity contribution is -0.130. The summed E-state index contributed by atoms with van der Waals surface area (Å²) in [5.41, 5.74) is 2.17. The van der Waals surface area contributed by atoms with Crippen LogP contribution < -0.4 is 0 Å². The molecule has 0 atom stereocenters. The molecule has 2 heterocycles. The zero-order chi connectivity index (χ0) is 14.0. The Morgan fingerprint density at radius 3 is 2.53 bits per heavy atom. The summed E-state index contributed by atoms with van der Waals surface area (Å²) in [6.45, 7) is 8.19. The molecular weight excluding hydrogens is 242 g/mol. The summed E-state index contributed by atoms with van der Waals surface area (Å²) >= 11 is 0. The summed E-state index contributed by atoms with van der Waals surface area (Å²) < 4.78 is 5.20. The maximum Gasteiger partial charge on any atom is 0.219 e. The Morgan fingerprint density at radius 1 is 1.42 bits per heavy atom. The molecular formula is C14H23N3O2. The van der Waals surface area contributed by atoms with Crippen LogP contribution >= 0.6 is 0 Å². The number of hydrogen-bond donors (Lipinski definition) is 0. The van der Waals surface area contributed by atoms with Gasteiger partial charge in [0.05, 0.1) is 5.69 Å². The van der Waals surface area contributed by atoms with Crippen molar-refractivity contribution in [2.45, 2.75) is 46.2 Å². The van der Waals surface area contributed by atoms with E-state index in [1.165, 1.54) is 5.56 Å². The van der Waals surface area contributed by atoms with E-state index in [0.29, 0.717) is 6.04 Å². The standard InChI is InChI=1S/C14H23N3O2/c1-10-14(11(2)19-15-10)9-16(4)13-5-7-17(8-6-13)12(3)18/h13H,5-9H2,1-4H3. The van der Waals surface area contributed by atoms with E-state index in [2.05, 4.69) is 17.1 Å². The molecule has 0 radical (unpaired) electrons. The van der Waals surface area contributed by atoms with Gasteiger partial charge >= 0.3 is 0 Å². The van der Waals surface area contributed by atoms with E-state index in [1.807, 2.05) is 18.7 Å². The number of nitrogens with zero attached hydrogens (tertiary/aromatic N) is 3. The van der Waals surface area contributed by atoms with Crippen LogP contribution in [0.25, 0.3) is 0 Å². The number of aryl methyl sites for hydroxylation is 2. The van der Waals surface area contributed by atoms with Crippen molar-refractivity contribution in [1.82, 2.24) is 15.0 Å². The third-order valence-electron chi connectivity index (χ3n) is 4.12. The third kappa shape index (κ3) is 3.15. The van der Waals surface area contributed by atoms with E-state index in [0.717, 1.165) is 43.9 Å². The summed E-state index contributed by atoms with van der Waals surface area (Å²) in [5, 5.41) is 4.00. The number of rotatable bonds is 3. The molecule has 106 valence electrons. The lowest BCUT2D eigenvalue weighted by atomic mass is 10.0. The normalized spacial score (nSPS) is 17.2. The van der Waals surface area contributed by atoms with Crippen LogP contribution in [0, 0.1) is 13.8 Å². The fraction of sp³-hybridized carbons (Fsp3) is 0.714. The van der Waals surface area contributed by atoms with Crippen LogP contribution in [0.15, 0.2) is 4.52 Å². The molecule has 1 aliphatic rings. The van der Waals surface area contributed by atoms with Crippen molar-refractivity contribution >= 4 is 5.91 Å². The van der Waals surface area contributed by atoms with Gasteiger partial charge in [-0.05, 0) is 33.7 Å². The lowest BCUT2D eigenvalue weighted by Gasteiger charge is -2.36. The van der Waals surface area contributed by atoms with Crippen molar-refractivity contribution in [3.8, 4) is 0 Å². The van der Waals surface area contributed by atoms with Gasteiger partial charge in [-0.15, -0.1) is 0 Å². The Balaban J connectivity index is 1.91. The van der Waals surface area contributed by atoms with Gasteiger partial charge in [-0.3, -0.25) is 9.69 Å². The van der Waals surface area contributed by atoms with Crippen molar-refractivity contribution in [1.29, 1.82) is 0 Å². The Kier molecular flexibility index (Phi) is 4.24. The number of carbonyl (C=O) groups excluding carboxylic acids is 1. The van der Waals surface area contributed by atoms with E-state index >= 15 is 0 Å². The molecule has 19 heavy (non-hydrogen) atoms. The van der Waals surface area contributed by atoms with Crippen molar-refractivity contribution in [2.24, 2.45) is 0 Å². The highest BCUT2D eigenvalue weighted by molar-refractivity contribution is 5.73. The molecule has 1 fully saturated rings. The summed E-state index contributed by atoms with van der Waals surface area (Å²) in [4.78, 5) is 15.6. The van der Waals surface area contributed by atoms with E-state index in [4.69, 9.17) is 4.52 Å². The topological polar surface area (TPSA) is 49.6 Å². The highest BCUT2D eigenvalue weighted by Gasteiger charge is 2.24. The molecule has 0 unspecified atom stereocenters. The number of piperidine rings is 1. The number of hydrogen-bond acceptors (Lipinski definition) is 4. The van der Waals surface area contributed by atoms with Crippen LogP contribution in [0.2, 0.25) is 0 Å². The number of carbonyl (C=O) groups is 1. The predicted octanol–water partition coefficient (Wildman–Crippen LogP) is 1.73. The predicted molar refractivity (Wildman–Crippen MR) is 72.7 cm³/mol. The van der Waals surface area contributed by atoms with Gasteiger partial charge in [-0.1, -0.05) is 5.16 Å². The molecule has 2 rings (SSSR count). The smallest absolute Gasteiger partial charge is 0.219 e. The van der Waals surface area contributed by atoms with Crippen LogP contribution in [0.5, 0.6) is 0 Å². The largest absolute Gasteiger partial charge is 0.361 e. The second-order valence-electron chi connectivity index (χ2n) is 5.46. The molecule has 0 spiro atoms. The first kappa shape index (κ1) is 14.1. The van der Waals surface area contributed by atoms with Gasteiger partial charge in [0.15, 0.2) is 0 Å². The summed E-state index contributed by atoms with van der Waals surface area (Å²) in [5.74, 6) is 1.09. The van der Waals surface area contributed by atoms with Crippen molar-refractivity contribution in [3.63, 3.8) is 0 Å². The molecule has 0 aromatic carbocycles. The molecule has 1 aliphatic heterocycles. The molecule has 0 bridgehead atoms. The van der Waals surface area contributed by atoms with Crippen LogP contribution in [-0.4, -0.2) is 47.0 Å². The molecule has 1 aromatic rings. The van der Waals surface area contributed by atoms with Gasteiger partial charge in [0.1, 0.15) is 5.76 Å². The van der Waals surface area contributed by atoms with Gasteiger partial charge in [-0.2, -0.15) is 0 Å². The second-order valence-corrected chi connectivity index (χ2v) is 5.46. The number of amides is 1. The maximum atomic E-state index is 11.3. The number of likely N-dealkylation sites (tertiary alicyclic amines) is 1. The SMILES string of the molecule is CC(=O)N1CCC(N(C)Cc2c(C)noc2C)CC1. The van der Waals surface area contributed by atoms with Gasteiger partial charge in [0, 0.05) is 38.2 Å². The van der Waals surface area contributed by atoms with Gasteiger partial charge in [-0.25, -0.2) is 0 Å². The lowest BCUT2D eigenvalue weighted by Crippen LogP contribution is -2.44. The van der Waals surface area contributed by atoms with Crippen molar-refractivity contribution in [2.75, 3.05) is 20.1 Å². The van der Waals surface area contributed by atoms with Gasteiger partial charge in [0.2, 0.25) is 5.91 Å². The fourth-order valence-corrected chi connectivity index (χ4v) is 2.73. The molecule has 1 amide bonds. The summed E-state index contributed by atoms with van der Waals surface area (Å²) in [7, 11) is 2.14. The quantitative estimate of drug-likeness (QED) is 0.835. The first-order valence-electron chi connectivity index (χ1n) is 6.86. The molecule has 5 heteroatoms. The zero-order valence-corrected chi connectivity index (χ0v) is 12.3. The maximum absolute atomic E-state index is 11.3. The Labute approximate surface area is 114 Å². The van der Waals surface area contributed by atoms with E-state index in [1.54, 1.807) is 6.92 Å². The van der Waals surface area contributed by atoms with E-state index in [-0.39, 0.29) is 5.91 Å². The van der Waals surface area contributed by atoms with Crippen LogP contribution in [0.1, 0.15) is 36.8 Å². The highest BCUT2D eigenvalue weighted by atomic mass is 16.5. The second kappa shape index (κ2) is 5.74. The molecule has 0 saturated carbocycles. The fourth-order valence-electron chi connectivity index (χ4n) is 2.73. The third-order valence-corrected chi connectivity index (χ3v) is 4.12. The van der Waals surface area contributed by atoms with Crippen LogP contribution in [0.3, 0.4) is 0 Å². The Bertz CT molecular complexity index is 428. The average molecular weight is 265 g/mol. The van der Waals surface area contributed by atoms with Crippen molar-refractivity contribution < 1.29 is 9.32 Å². The van der Waals surface area contributed by atoms with Crippen molar-refractivity contribution in [3.05, 3.63) is 17.0 Å².